The van der Waals surface area contributed by atoms with E-state index in [1.54, 1.807) is 24.4 Å². The Labute approximate surface area is 205 Å². The number of nitrogens with zero attached hydrogens (tertiary/aromatic N) is 2. The molecule has 33 heavy (non-hydrogen) atoms. The van der Waals surface area contributed by atoms with Gasteiger partial charge in [0.15, 0.2) is 5.11 Å². The lowest BCUT2D eigenvalue weighted by atomic mass is 10.0. The number of hydrogen-bond acceptors (Lipinski definition) is 3. The number of furan rings is 1. The first-order valence-electron chi connectivity index (χ1n) is 10.7. The number of hydrogen-bond donors (Lipinski definition) is 1. The second-order valence-corrected chi connectivity index (χ2v) is 9.15. The van der Waals surface area contributed by atoms with Crippen molar-refractivity contribution < 1.29 is 8.81 Å². The summed E-state index contributed by atoms with van der Waals surface area (Å²) < 4.78 is 21.5. The number of rotatable bonds is 5. The van der Waals surface area contributed by atoms with Gasteiger partial charge >= 0.3 is 0 Å². The Hall–Kier alpha value is -3.03. The number of aromatic nitrogens is 1. The SMILES string of the molecule is CCc1ccc(N2C(=S)NC(c3ccccn3)C2c2ccc(-c3ccc(Br)cc3F)o2)cc1. The van der Waals surface area contributed by atoms with Crippen LogP contribution in [-0.4, -0.2) is 10.1 Å². The molecule has 4 nitrogen and oxygen atoms in total. The molecule has 5 rings (SSSR count). The average molecular weight is 522 g/mol. The highest BCUT2D eigenvalue weighted by Crippen LogP contribution is 2.43. The van der Waals surface area contributed by atoms with Gasteiger partial charge in [-0.2, -0.15) is 0 Å². The number of benzene rings is 2. The van der Waals surface area contributed by atoms with E-state index in [4.69, 9.17) is 16.6 Å². The number of halogens is 2. The van der Waals surface area contributed by atoms with Crippen molar-refractivity contribution in [3.8, 4) is 11.3 Å². The van der Waals surface area contributed by atoms with Gasteiger partial charge in [0.05, 0.1) is 17.3 Å². The third kappa shape index (κ3) is 4.18. The molecule has 7 heteroatoms. The number of anilines is 1. The molecule has 0 radical (unpaired) electrons. The molecule has 2 aromatic carbocycles. The first kappa shape index (κ1) is 21.8. The predicted molar refractivity (Wildman–Crippen MR) is 136 cm³/mol. The lowest BCUT2D eigenvalue weighted by Gasteiger charge is -2.26. The van der Waals surface area contributed by atoms with Gasteiger partial charge in [-0.1, -0.05) is 41.1 Å². The molecule has 0 saturated carbocycles. The Balaban J connectivity index is 1.59. The van der Waals surface area contributed by atoms with E-state index in [-0.39, 0.29) is 17.9 Å². The number of pyridine rings is 1. The van der Waals surface area contributed by atoms with Gasteiger partial charge in [-0.3, -0.25) is 4.98 Å². The van der Waals surface area contributed by atoms with Crippen LogP contribution in [-0.2, 0) is 6.42 Å². The monoisotopic (exact) mass is 521 g/mol. The van der Waals surface area contributed by atoms with Gasteiger partial charge in [-0.25, -0.2) is 4.39 Å². The summed E-state index contributed by atoms with van der Waals surface area (Å²) in [7, 11) is 0. The van der Waals surface area contributed by atoms with E-state index in [9.17, 15) is 4.39 Å². The zero-order valence-corrected chi connectivity index (χ0v) is 20.2. The zero-order valence-electron chi connectivity index (χ0n) is 17.8. The van der Waals surface area contributed by atoms with Crippen molar-refractivity contribution in [3.05, 3.63) is 106 Å². The maximum absolute atomic E-state index is 14.6. The molecule has 1 aliphatic rings. The van der Waals surface area contributed by atoms with Crippen LogP contribution >= 0.6 is 28.1 Å². The zero-order chi connectivity index (χ0) is 22.9. The Bertz CT molecular complexity index is 1290. The van der Waals surface area contributed by atoms with E-state index in [1.165, 1.54) is 11.6 Å². The summed E-state index contributed by atoms with van der Waals surface area (Å²) in [5.41, 5.74) is 3.47. The van der Waals surface area contributed by atoms with E-state index in [1.807, 2.05) is 24.3 Å². The minimum Gasteiger partial charge on any atom is -0.459 e. The molecule has 0 bridgehead atoms. The van der Waals surface area contributed by atoms with Crippen LogP contribution < -0.4 is 10.2 Å². The van der Waals surface area contributed by atoms with E-state index < -0.39 is 0 Å². The van der Waals surface area contributed by atoms with Crippen LogP contribution in [0.2, 0.25) is 0 Å². The molecular weight excluding hydrogens is 501 g/mol. The fourth-order valence-corrected chi connectivity index (χ4v) is 4.84. The molecule has 1 fully saturated rings. The standard InChI is InChI=1S/C26H21BrFN3OS/c1-2-16-6-9-18(10-7-16)31-25(24(30-26(31)33)21-5-3-4-14-29-21)23-13-12-22(32-23)19-11-8-17(27)15-20(19)28/h3-15,24-25H,2H2,1H3,(H,30,33). The lowest BCUT2D eigenvalue weighted by molar-refractivity contribution is 0.438. The Morgan fingerprint density at radius 1 is 1.09 bits per heavy atom. The van der Waals surface area contributed by atoms with Gasteiger partial charge in [0.25, 0.3) is 0 Å². The van der Waals surface area contributed by atoms with Gasteiger partial charge < -0.3 is 14.6 Å². The molecule has 166 valence electrons. The summed E-state index contributed by atoms with van der Waals surface area (Å²) in [6.07, 6.45) is 2.73. The van der Waals surface area contributed by atoms with Gasteiger partial charge in [0.2, 0.25) is 0 Å². The summed E-state index contributed by atoms with van der Waals surface area (Å²) in [4.78, 5) is 6.61. The molecule has 2 atom stereocenters. The van der Waals surface area contributed by atoms with Crippen LogP contribution in [0.4, 0.5) is 10.1 Å². The van der Waals surface area contributed by atoms with Gasteiger partial charge in [-0.15, -0.1) is 0 Å². The Morgan fingerprint density at radius 3 is 2.61 bits per heavy atom. The molecule has 0 aliphatic carbocycles. The van der Waals surface area contributed by atoms with Gasteiger partial charge in [0, 0.05) is 16.4 Å². The van der Waals surface area contributed by atoms with Crippen molar-refractivity contribution in [1.29, 1.82) is 0 Å². The van der Waals surface area contributed by atoms with Crippen molar-refractivity contribution >= 4 is 38.9 Å². The maximum atomic E-state index is 14.6. The van der Waals surface area contributed by atoms with Crippen LogP contribution in [0.15, 0.2) is 87.9 Å². The van der Waals surface area contributed by atoms with Gasteiger partial charge in [0.1, 0.15) is 23.4 Å². The normalized spacial score (nSPS) is 17.9. The highest BCUT2D eigenvalue weighted by Gasteiger charge is 2.42. The number of thiocarbonyl (C=S) groups is 1. The van der Waals surface area contributed by atoms with Crippen LogP contribution in [0.3, 0.4) is 0 Å². The quantitative estimate of drug-likeness (QED) is 0.287. The molecule has 0 amide bonds. The van der Waals surface area contributed by atoms with Crippen LogP contribution in [0, 0.1) is 5.82 Å². The molecule has 1 N–H and O–H groups in total. The summed E-state index contributed by atoms with van der Waals surface area (Å²) in [5, 5.41) is 4.01. The van der Waals surface area contributed by atoms with E-state index in [2.05, 4.69) is 62.3 Å². The first-order chi connectivity index (χ1) is 16.0. The average Bonchev–Trinajstić information content (AvgIpc) is 3.44. The molecule has 1 aliphatic heterocycles. The lowest BCUT2D eigenvalue weighted by Crippen LogP contribution is -2.29. The maximum Gasteiger partial charge on any atom is 0.174 e. The summed E-state index contributed by atoms with van der Waals surface area (Å²) in [6, 6.07) is 22.3. The predicted octanol–water partition coefficient (Wildman–Crippen LogP) is 6.98. The van der Waals surface area contributed by atoms with E-state index >= 15 is 0 Å². The smallest absolute Gasteiger partial charge is 0.174 e. The summed E-state index contributed by atoms with van der Waals surface area (Å²) in [5.74, 6) is 0.794. The Morgan fingerprint density at radius 2 is 1.91 bits per heavy atom. The molecule has 2 unspecified atom stereocenters. The highest BCUT2D eigenvalue weighted by atomic mass is 79.9. The topological polar surface area (TPSA) is 41.3 Å². The second kappa shape index (κ2) is 9.08. The van der Waals surface area contributed by atoms with E-state index in [0.717, 1.165) is 17.8 Å². The van der Waals surface area contributed by atoms with Crippen LogP contribution in [0.1, 0.15) is 36.0 Å². The summed E-state index contributed by atoms with van der Waals surface area (Å²) in [6.45, 7) is 2.13. The molecule has 4 aromatic rings. The number of nitrogens with one attached hydrogen (secondary N) is 1. The van der Waals surface area contributed by atoms with Crippen molar-refractivity contribution in [2.24, 2.45) is 0 Å². The fraction of sp³-hybridized carbons (Fsp3) is 0.154. The van der Waals surface area contributed by atoms with E-state index in [0.29, 0.717) is 26.7 Å². The molecule has 3 heterocycles. The molecule has 1 saturated heterocycles. The number of aryl methyl sites for hydroxylation is 1. The molecular formula is C26H21BrFN3OS. The molecule has 0 spiro atoms. The second-order valence-electron chi connectivity index (χ2n) is 7.84. The van der Waals surface area contributed by atoms with Crippen molar-refractivity contribution in [3.63, 3.8) is 0 Å². The molecule has 2 aromatic heterocycles. The minimum atomic E-state index is -0.348. The van der Waals surface area contributed by atoms with Crippen molar-refractivity contribution in [2.45, 2.75) is 25.4 Å². The van der Waals surface area contributed by atoms with Crippen LogP contribution in [0.5, 0.6) is 0 Å². The largest absolute Gasteiger partial charge is 0.459 e. The first-order valence-corrected chi connectivity index (χ1v) is 11.9. The minimum absolute atomic E-state index is 0.224. The van der Waals surface area contributed by atoms with Gasteiger partial charge in [-0.05, 0) is 78.8 Å². The Kier molecular flexibility index (Phi) is 6.00. The summed E-state index contributed by atoms with van der Waals surface area (Å²) >= 11 is 9.06. The highest BCUT2D eigenvalue weighted by molar-refractivity contribution is 9.10. The van der Waals surface area contributed by atoms with Crippen molar-refractivity contribution in [1.82, 2.24) is 10.3 Å². The third-order valence-corrected chi connectivity index (χ3v) is 6.64. The fourth-order valence-electron chi connectivity index (χ4n) is 4.16. The van der Waals surface area contributed by atoms with Crippen molar-refractivity contribution in [2.75, 3.05) is 4.90 Å². The third-order valence-electron chi connectivity index (χ3n) is 5.84. The van der Waals surface area contributed by atoms with Crippen LogP contribution in [0.25, 0.3) is 11.3 Å².